The summed E-state index contributed by atoms with van der Waals surface area (Å²) in [6, 6.07) is 5.57. The highest BCUT2D eigenvalue weighted by atomic mass is 32.2. The standard InChI is InChI=1S/C18H25N5O2S/c1-13-19-18(21-20-13)15-6-4-10-23(12-15)26(24,25)16-8-7-14-5-3-9-22(2)17(14)11-16/h7-8,11,15H,3-6,9-10,12H2,1-2H3,(H,19,20,21)/t15-/m1/s1. The summed E-state index contributed by atoms with van der Waals surface area (Å²) in [5.74, 6) is 1.52. The maximum atomic E-state index is 13.2. The number of fused-ring (bicyclic) bond motifs is 1. The second kappa shape index (κ2) is 6.66. The summed E-state index contributed by atoms with van der Waals surface area (Å²) in [6.07, 6.45) is 3.86. The van der Waals surface area contributed by atoms with Crippen molar-refractivity contribution in [3.05, 3.63) is 35.4 Å². The molecule has 1 N–H and O–H groups in total. The fourth-order valence-electron chi connectivity index (χ4n) is 3.96. The molecule has 26 heavy (non-hydrogen) atoms. The normalized spacial score (nSPS) is 21.6. The van der Waals surface area contributed by atoms with Gasteiger partial charge in [-0.2, -0.15) is 9.40 Å². The molecule has 1 saturated heterocycles. The van der Waals surface area contributed by atoms with Gasteiger partial charge >= 0.3 is 0 Å². The molecule has 2 aliphatic rings. The quantitative estimate of drug-likeness (QED) is 0.888. The fraction of sp³-hybridized carbons (Fsp3) is 0.556. The Morgan fingerprint density at radius 2 is 2.08 bits per heavy atom. The molecule has 0 bridgehead atoms. The number of sulfonamides is 1. The highest BCUT2D eigenvalue weighted by molar-refractivity contribution is 7.89. The highest BCUT2D eigenvalue weighted by Crippen LogP contribution is 2.32. The van der Waals surface area contributed by atoms with Crippen LogP contribution in [0.4, 0.5) is 5.69 Å². The Balaban J connectivity index is 1.61. The Hall–Kier alpha value is -1.93. The lowest BCUT2D eigenvalue weighted by Gasteiger charge is -2.32. The third-order valence-electron chi connectivity index (χ3n) is 5.41. The van der Waals surface area contributed by atoms with E-state index in [-0.39, 0.29) is 5.92 Å². The molecule has 0 spiro atoms. The first-order valence-corrected chi connectivity index (χ1v) is 10.6. The number of aryl methyl sites for hydroxylation is 2. The molecule has 8 heteroatoms. The van der Waals surface area contributed by atoms with E-state index >= 15 is 0 Å². The average Bonchev–Trinajstić information content (AvgIpc) is 3.08. The third kappa shape index (κ3) is 3.12. The summed E-state index contributed by atoms with van der Waals surface area (Å²) < 4.78 is 28.0. The van der Waals surface area contributed by atoms with Crippen LogP contribution in [0.5, 0.6) is 0 Å². The van der Waals surface area contributed by atoms with Crippen LogP contribution in [0.25, 0.3) is 0 Å². The SMILES string of the molecule is Cc1nc([C@@H]2CCCN(S(=O)(=O)c3ccc4c(c3)N(C)CCC4)C2)n[nH]1. The van der Waals surface area contributed by atoms with Crippen molar-refractivity contribution >= 4 is 15.7 Å². The van der Waals surface area contributed by atoms with Crippen molar-refractivity contribution in [2.24, 2.45) is 0 Å². The van der Waals surface area contributed by atoms with Crippen LogP contribution in [0, 0.1) is 6.92 Å². The molecule has 1 fully saturated rings. The number of nitrogens with one attached hydrogen (secondary N) is 1. The number of piperidine rings is 1. The van der Waals surface area contributed by atoms with Crippen LogP contribution in [0.3, 0.4) is 0 Å². The Morgan fingerprint density at radius 3 is 2.85 bits per heavy atom. The van der Waals surface area contributed by atoms with Gasteiger partial charge in [0.2, 0.25) is 10.0 Å². The van der Waals surface area contributed by atoms with Gasteiger partial charge in [0.25, 0.3) is 0 Å². The summed E-state index contributed by atoms with van der Waals surface area (Å²) in [5, 5.41) is 7.09. The van der Waals surface area contributed by atoms with Crippen molar-refractivity contribution in [3.8, 4) is 0 Å². The van der Waals surface area contributed by atoms with Crippen LogP contribution in [0.2, 0.25) is 0 Å². The van der Waals surface area contributed by atoms with E-state index in [1.54, 1.807) is 10.4 Å². The molecule has 3 heterocycles. The zero-order chi connectivity index (χ0) is 18.3. The number of anilines is 1. The number of hydrogen-bond acceptors (Lipinski definition) is 5. The van der Waals surface area contributed by atoms with Crippen molar-refractivity contribution in [1.29, 1.82) is 0 Å². The summed E-state index contributed by atoms with van der Waals surface area (Å²) >= 11 is 0. The second-order valence-corrected chi connectivity index (χ2v) is 9.23. The van der Waals surface area contributed by atoms with Gasteiger partial charge in [-0.05, 0) is 50.3 Å². The Bertz CT molecular complexity index is 908. The predicted octanol–water partition coefficient (Wildman–Crippen LogP) is 2.06. The van der Waals surface area contributed by atoms with Gasteiger partial charge in [0, 0.05) is 38.3 Å². The maximum absolute atomic E-state index is 13.2. The van der Waals surface area contributed by atoms with Gasteiger partial charge in [-0.15, -0.1) is 0 Å². The molecule has 0 aliphatic carbocycles. The predicted molar refractivity (Wildman–Crippen MR) is 99.9 cm³/mol. The first-order valence-electron chi connectivity index (χ1n) is 9.18. The van der Waals surface area contributed by atoms with E-state index in [0.717, 1.165) is 43.7 Å². The maximum Gasteiger partial charge on any atom is 0.243 e. The summed E-state index contributed by atoms with van der Waals surface area (Å²) in [6.45, 7) is 3.81. The molecule has 0 radical (unpaired) electrons. The van der Waals surface area contributed by atoms with E-state index in [2.05, 4.69) is 20.1 Å². The number of hydrogen-bond donors (Lipinski definition) is 1. The molecular formula is C18H25N5O2S. The first-order chi connectivity index (χ1) is 12.4. The first kappa shape index (κ1) is 17.5. The van der Waals surface area contributed by atoms with E-state index in [9.17, 15) is 8.42 Å². The molecule has 140 valence electrons. The van der Waals surface area contributed by atoms with E-state index in [1.165, 1.54) is 5.56 Å². The lowest BCUT2D eigenvalue weighted by molar-refractivity contribution is 0.309. The minimum atomic E-state index is -3.51. The molecular weight excluding hydrogens is 350 g/mol. The second-order valence-electron chi connectivity index (χ2n) is 7.30. The number of benzene rings is 1. The van der Waals surface area contributed by atoms with Crippen LogP contribution >= 0.6 is 0 Å². The third-order valence-corrected chi connectivity index (χ3v) is 7.27. The monoisotopic (exact) mass is 375 g/mol. The molecule has 0 saturated carbocycles. The van der Waals surface area contributed by atoms with Gasteiger partial charge < -0.3 is 4.90 Å². The average molecular weight is 375 g/mol. The van der Waals surface area contributed by atoms with Gasteiger partial charge in [-0.1, -0.05) is 6.07 Å². The van der Waals surface area contributed by atoms with Crippen molar-refractivity contribution in [2.45, 2.75) is 43.4 Å². The summed E-state index contributed by atoms with van der Waals surface area (Å²) in [5.41, 5.74) is 2.26. The lowest BCUT2D eigenvalue weighted by atomic mass is 9.99. The van der Waals surface area contributed by atoms with Crippen molar-refractivity contribution in [2.75, 3.05) is 31.6 Å². The van der Waals surface area contributed by atoms with E-state index in [1.807, 2.05) is 26.1 Å². The van der Waals surface area contributed by atoms with Gasteiger partial charge in [0.15, 0.2) is 5.82 Å². The number of aromatic amines is 1. The minimum absolute atomic E-state index is 0.0452. The largest absolute Gasteiger partial charge is 0.374 e. The molecule has 0 unspecified atom stereocenters. The van der Waals surface area contributed by atoms with Gasteiger partial charge in [0.1, 0.15) is 5.82 Å². The Morgan fingerprint density at radius 1 is 1.23 bits per heavy atom. The van der Waals surface area contributed by atoms with Crippen LogP contribution in [0.15, 0.2) is 23.1 Å². The van der Waals surface area contributed by atoms with Crippen LogP contribution in [0.1, 0.15) is 42.4 Å². The molecule has 7 nitrogen and oxygen atoms in total. The highest BCUT2D eigenvalue weighted by Gasteiger charge is 2.33. The molecule has 4 rings (SSSR count). The number of rotatable bonds is 3. The van der Waals surface area contributed by atoms with Gasteiger partial charge in [0.05, 0.1) is 4.90 Å². The minimum Gasteiger partial charge on any atom is -0.374 e. The molecule has 2 aromatic rings. The molecule has 1 atom stereocenters. The van der Waals surface area contributed by atoms with E-state index in [4.69, 9.17) is 0 Å². The Kier molecular flexibility index (Phi) is 4.48. The van der Waals surface area contributed by atoms with Gasteiger partial charge in [-0.25, -0.2) is 13.4 Å². The fourth-order valence-corrected chi connectivity index (χ4v) is 5.51. The zero-order valence-electron chi connectivity index (χ0n) is 15.3. The Labute approximate surface area is 154 Å². The van der Waals surface area contributed by atoms with Gasteiger partial charge in [-0.3, -0.25) is 5.10 Å². The number of H-pyrrole nitrogens is 1. The van der Waals surface area contributed by atoms with Crippen molar-refractivity contribution in [3.63, 3.8) is 0 Å². The molecule has 1 aromatic carbocycles. The molecule has 1 aromatic heterocycles. The summed E-state index contributed by atoms with van der Waals surface area (Å²) in [7, 11) is -1.49. The van der Waals surface area contributed by atoms with Crippen LogP contribution in [-0.2, 0) is 16.4 Å². The zero-order valence-corrected chi connectivity index (χ0v) is 16.1. The van der Waals surface area contributed by atoms with Crippen molar-refractivity contribution < 1.29 is 8.42 Å². The van der Waals surface area contributed by atoms with Crippen molar-refractivity contribution in [1.82, 2.24) is 19.5 Å². The number of nitrogens with zero attached hydrogens (tertiary/aromatic N) is 4. The van der Waals surface area contributed by atoms with E-state index < -0.39 is 10.0 Å². The molecule has 2 aliphatic heterocycles. The van der Waals surface area contributed by atoms with E-state index in [0.29, 0.717) is 23.8 Å². The topological polar surface area (TPSA) is 82.2 Å². The summed E-state index contributed by atoms with van der Waals surface area (Å²) in [4.78, 5) is 6.93. The van der Waals surface area contributed by atoms with Crippen LogP contribution in [-0.4, -0.2) is 54.6 Å². The smallest absolute Gasteiger partial charge is 0.243 e. The lowest BCUT2D eigenvalue weighted by Crippen LogP contribution is -2.39. The molecule has 0 amide bonds. The van der Waals surface area contributed by atoms with Crippen LogP contribution < -0.4 is 4.90 Å². The number of aromatic nitrogens is 3.